The van der Waals surface area contributed by atoms with Crippen molar-refractivity contribution in [1.82, 2.24) is 15.2 Å². The van der Waals surface area contributed by atoms with Crippen LogP contribution in [0.25, 0.3) is 16.5 Å². The van der Waals surface area contributed by atoms with Gasteiger partial charge in [-0.1, -0.05) is 24.3 Å². The molecule has 1 amide bonds. The lowest BCUT2D eigenvalue weighted by atomic mass is 9.92. The molecule has 0 saturated carbocycles. The van der Waals surface area contributed by atoms with Crippen LogP contribution >= 0.6 is 0 Å². The standard InChI is InChI=1S/C25H23F3N4O3/c26-25(27,28)18-4-5-22(30-13-18)32-10-9-31(15-23(32)34)14-21(33)20-12-17(6-8-29-20)19-3-1-2-16-7-11-35-24(16)19/h1-7,11,13,20,29H,8-10,12,14-15H2. The van der Waals surface area contributed by atoms with Crippen LogP contribution in [0.2, 0.25) is 0 Å². The van der Waals surface area contributed by atoms with Crippen molar-refractivity contribution in [2.75, 3.05) is 37.6 Å². The highest BCUT2D eigenvalue weighted by Crippen LogP contribution is 2.31. The number of benzene rings is 1. The molecule has 2 aliphatic heterocycles. The number of ketones is 1. The van der Waals surface area contributed by atoms with Crippen molar-refractivity contribution in [3.05, 3.63) is 66.1 Å². The van der Waals surface area contributed by atoms with Crippen LogP contribution in [-0.2, 0) is 15.8 Å². The average Bonchev–Trinajstić information content (AvgIpc) is 3.33. The largest absolute Gasteiger partial charge is 0.464 e. The molecule has 2 aliphatic rings. The Kier molecular flexibility index (Phi) is 6.16. The predicted octanol–water partition coefficient (Wildman–Crippen LogP) is 3.51. The number of carbonyl (C=O) groups is 2. The van der Waals surface area contributed by atoms with E-state index >= 15 is 0 Å². The van der Waals surface area contributed by atoms with Gasteiger partial charge in [-0.05, 0) is 30.2 Å². The Morgan fingerprint density at radius 1 is 1.17 bits per heavy atom. The Morgan fingerprint density at radius 2 is 2.03 bits per heavy atom. The molecule has 5 rings (SSSR count). The van der Waals surface area contributed by atoms with Gasteiger partial charge >= 0.3 is 6.18 Å². The Balaban J connectivity index is 1.19. The second-order valence-electron chi connectivity index (χ2n) is 8.66. The van der Waals surface area contributed by atoms with Gasteiger partial charge in [0.05, 0.1) is 31.0 Å². The van der Waals surface area contributed by atoms with Gasteiger partial charge in [0.1, 0.15) is 11.4 Å². The number of amides is 1. The van der Waals surface area contributed by atoms with E-state index in [-0.39, 0.29) is 43.2 Å². The summed E-state index contributed by atoms with van der Waals surface area (Å²) in [4.78, 5) is 32.6. The maximum Gasteiger partial charge on any atom is 0.417 e. The van der Waals surface area contributed by atoms with E-state index in [9.17, 15) is 22.8 Å². The Hall–Kier alpha value is -3.50. The Labute approximate surface area is 199 Å². The summed E-state index contributed by atoms with van der Waals surface area (Å²) in [5, 5.41) is 4.24. The van der Waals surface area contributed by atoms with Crippen LogP contribution in [0.4, 0.5) is 19.0 Å². The molecule has 1 saturated heterocycles. The number of pyridine rings is 1. The number of hydrogen-bond donors (Lipinski definition) is 1. The van der Waals surface area contributed by atoms with E-state index < -0.39 is 11.7 Å². The van der Waals surface area contributed by atoms with E-state index in [2.05, 4.69) is 16.4 Å². The molecule has 1 N–H and O–H groups in total. The molecule has 4 heterocycles. The van der Waals surface area contributed by atoms with Crippen LogP contribution in [0.5, 0.6) is 0 Å². The number of fused-ring (bicyclic) bond motifs is 1. The summed E-state index contributed by atoms with van der Waals surface area (Å²) in [6.07, 6.45) is 0.459. The third-order valence-electron chi connectivity index (χ3n) is 6.38. The highest BCUT2D eigenvalue weighted by Gasteiger charge is 2.33. The second kappa shape index (κ2) is 9.27. The second-order valence-corrected chi connectivity index (χ2v) is 8.66. The Bertz CT molecular complexity index is 1280. The zero-order valence-electron chi connectivity index (χ0n) is 18.7. The molecule has 7 nitrogen and oxygen atoms in total. The number of furan rings is 1. The summed E-state index contributed by atoms with van der Waals surface area (Å²) in [7, 11) is 0. The number of Topliss-reactive ketones (excluding diaryl/α,β-unsaturated/α-hetero) is 1. The van der Waals surface area contributed by atoms with E-state index in [1.807, 2.05) is 24.3 Å². The number of para-hydroxylation sites is 1. The van der Waals surface area contributed by atoms with Crippen molar-refractivity contribution < 1.29 is 27.2 Å². The van der Waals surface area contributed by atoms with Crippen molar-refractivity contribution >= 4 is 34.1 Å². The van der Waals surface area contributed by atoms with Gasteiger partial charge in [0, 0.05) is 36.8 Å². The molecular formula is C25H23F3N4O3. The monoisotopic (exact) mass is 484 g/mol. The van der Waals surface area contributed by atoms with E-state index in [4.69, 9.17) is 4.42 Å². The summed E-state index contributed by atoms with van der Waals surface area (Å²) in [6.45, 7) is 1.32. The van der Waals surface area contributed by atoms with E-state index in [0.29, 0.717) is 19.5 Å². The van der Waals surface area contributed by atoms with Gasteiger partial charge in [-0.3, -0.25) is 19.4 Å². The Morgan fingerprint density at radius 3 is 2.77 bits per heavy atom. The minimum atomic E-state index is -4.48. The number of anilines is 1. The molecule has 3 aromatic rings. The number of hydrogen-bond acceptors (Lipinski definition) is 6. The molecule has 0 spiro atoms. The summed E-state index contributed by atoms with van der Waals surface area (Å²) in [5.41, 5.74) is 1.94. The minimum absolute atomic E-state index is 0.00440. The molecule has 10 heteroatoms. The first-order valence-electron chi connectivity index (χ1n) is 11.3. The number of alkyl halides is 3. The first kappa shape index (κ1) is 23.3. The van der Waals surface area contributed by atoms with Crippen molar-refractivity contribution in [3.63, 3.8) is 0 Å². The molecule has 182 valence electrons. The van der Waals surface area contributed by atoms with E-state index in [1.165, 1.54) is 11.0 Å². The number of nitrogens with zero attached hydrogens (tertiary/aromatic N) is 3. The summed E-state index contributed by atoms with van der Waals surface area (Å²) >= 11 is 0. The topological polar surface area (TPSA) is 78.7 Å². The van der Waals surface area contributed by atoms with Crippen LogP contribution in [-0.4, -0.2) is 60.3 Å². The number of rotatable bonds is 5. The van der Waals surface area contributed by atoms with Crippen LogP contribution in [0.15, 0.2) is 59.4 Å². The van der Waals surface area contributed by atoms with Crippen LogP contribution in [0.3, 0.4) is 0 Å². The van der Waals surface area contributed by atoms with Crippen LogP contribution in [0.1, 0.15) is 17.5 Å². The molecule has 0 bridgehead atoms. The molecule has 0 radical (unpaired) electrons. The number of carbonyl (C=O) groups excluding carboxylic acids is 2. The zero-order valence-corrected chi connectivity index (χ0v) is 18.7. The molecule has 35 heavy (non-hydrogen) atoms. The third kappa shape index (κ3) is 4.85. The molecule has 2 aromatic heterocycles. The number of piperazine rings is 1. The van der Waals surface area contributed by atoms with E-state index in [1.54, 1.807) is 11.2 Å². The van der Waals surface area contributed by atoms with Gasteiger partial charge in [-0.2, -0.15) is 13.2 Å². The zero-order chi connectivity index (χ0) is 24.6. The smallest absolute Gasteiger partial charge is 0.417 e. The average molecular weight is 484 g/mol. The molecule has 1 unspecified atom stereocenters. The van der Waals surface area contributed by atoms with Gasteiger partial charge < -0.3 is 9.73 Å². The fourth-order valence-corrected chi connectivity index (χ4v) is 4.54. The minimum Gasteiger partial charge on any atom is -0.464 e. The summed E-state index contributed by atoms with van der Waals surface area (Å²) in [5.74, 6) is -0.154. The lowest BCUT2D eigenvalue weighted by molar-refractivity contribution is -0.137. The first-order valence-corrected chi connectivity index (χ1v) is 11.3. The molecule has 1 atom stereocenters. The number of aromatic nitrogens is 1. The SMILES string of the molecule is O=C(CN1CCN(c2ccc(C(F)(F)F)cn2)C(=O)C1)C1CC(c2cccc3ccoc23)=CCN1. The van der Waals surface area contributed by atoms with Crippen LogP contribution in [0, 0.1) is 0 Å². The predicted molar refractivity (Wildman–Crippen MR) is 124 cm³/mol. The number of nitrogens with one attached hydrogen (secondary N) is 1. The lowest BCUT2D eigenvalue weighted by Gasteiger charge is -2.34. The summed E-state index contributed by atoms with van der Waals surface area (Å²) < 4.78 is 43.9. The molecule has 1 fully saturated rings. The van der Waals surface area contributed by atoms with Gasteiger partial charge in [0.15, 0.2) is 5.78 Å². The van der Waals surface area contributed by atoms with Crippen molar-refractivity contribution in [2.45, 2.75) is 18.6 Å². The van der Waals surface area contributed by atoms with Crippen LogP contribution < -0.4 is 10.2 Å². The fourth-order valence-electron chi connectivity index (χ4n) is 4.54. The van der Waals surface area contributed by atoms with E-state index in [0.717, 1.165) is 34.4 Å². The summed E-state index contributed by atoms with van der Waals surface area (Å²) in [6, 6.07) is 9.55. The van der Waals surface area contributed by atoms with Gasteiger partial charge in [0.25, 0.3) is 0 Å². The number of halogens is 3. The fraction of sp³-hybridized carbons (Fsp3) is 0.320. The highest BCUT2D eigenvalue weighted by molar-refractivity contribution is 5.96. The first-order chi connectivity index (χ1) is 16.8. The quantitative estimate of drug-likeness (QED) is 0.597. The lowest BCUT2D eigenvalue weighted by Crippen LogP contribution is -2.54. The molecule has 0 aliphatic carbocycles. The van der Waals surface area contributed by atoms with Crippen molar-refractivity contribution in [3.8, 4) is 0 Å². The maximum absolute atomic E-state index is 13.0. The highest BCUT2D eigenvalue weighted by atomic mass is 19.4. The third-order valence-corrected chi connectivity index (χ3v) is 6.38. The maximum atomic E-state index is 13.0. The molecular weight excluding hydrogens is 461 g/mol. The normalized spacial score (nSPS) is 19.7. The van der Waals surface area contributed by atoms with Gasteiger partial charge in [0.2, 0.25) is 5.91 Å². The van der Waals surface area contributed by atoms with Crippen molar-refractivity contribution in [1.29, 1.82) is 0 Å². The molecule has 1 aromatic carbocycles. The van der Waals surface area contributed by atoms with Gasteiger partial charge in [-0.15, -0.1) is 0 Å². The van der Waals surface area contributed by atoms with Gasteiger partial charge in [-0.25, -0.2) is 4.98 Å². The van der Waals surface area contributed by atoms with Crippen molar-refractivity contribution in [2.24, 2.45) is 0 Å².